The molecule has 1 unspecified atom stereocenters. The highest BCUT2D eigenvalue weighted by molar-refractivity contribution is 5.86. The van der Waals surface area contributed by atoms with Crippen molar-refractivity contribution >= 4 is 11.9 Å². The number of carbonyl (C=O) groups is 1. The van der Waals surface area contributed by atoms with Crippen LogP contribution in [0.2, 0.25) is 0 Å². The number of likely N-dealkylation sites (tertiary alicyclic amines) is 1. The van der Waals surface area contributed by atoms with Crippen LogP contribution in [0.5, 0.6) is 0 Å². The van der Waals surface area contributed by atoms with Gasteiger partial charge in [-0.1, -0.05) is 6.07 Å². The highest BCUT2D eigenvalue weighted by atomic mass is 16.6. The van der Waals surface area contributed by atoms with Crippen molar-refractivity contribution in [3.05, 3.63) is 23.9 Å². The van der Waals surface area contributed by atoms with Gasteiger partial charge in [0.25, 0.3) is 0 Å². The lowest BCUT2D eigenvalue weighted by Crippen LogP contribution is -2.37. The lowest BCUT2D eigenvalue weighted by molar-refractivity contribution is 0.0581. The topological polar surface area (TPSA) is 45.7 Å². The van der Waals surface area contributed by atoms with Gasteiger partial charge < -0.3 is 4.74 Å². The molecule has 2 heterocycles. The summed E-state index contributed by atoms with van der Waals surface area (Å²) in [7, 11) is 0. The van der Waals surface area contributed by atoms with Crippen molar-refractivity contribution in [1.82, 2.24) is 9.88 Å². The number of nitrogens with zero attached hydrogens (tertiary/aromatic N) is 3. The van der Waals surface area contributed by atoms with E-state index in [9.17, 15) is 4.79 Å². The number of anilines is 1. The van der Waals surface area contributed by atoms with Crippen LogP contribution in [0.3, 0.4) is 0 Å². The molecular formula is C19H31N3O2. The van der Waals surface area contributed by atoms with Gasteiger partial charge in [0.15, 0.2) is 0 Å². The van der Waals surface area contributed by atoms with Gasteiger partial charge in [0.1, 0.15) is 11.4 Å². The molecule has 0 spiro atoms. The third-order valence-electron chi connectivity index (χ3n) is 4.32. The molecule has 1 saturated heterocycles. The fourth-order valence-corrected chi connectivity index (χ4v) is 3.22. The Bertz CT molecular complexity index is 549. The van der Waals surface area contributed by atoms with Crippen LogP contribution in [0, 0.1) is 0 Å². The summed E-state index contributed by atoms with van der Waals surface area (Å²) in [5, 5.41) is 0. The second-order valence-electron chi connectivity index (χ2n) is 7.66. The van der Waals surface area contributed by atoms with E-state index in [2.05, 4.69) is 29.8 Å². The second kappa shape index (κ2) is 7.51. The highest BCUT2D eigenvalue weighted by Crippen LogP contribution is 2.33. The van der Waals surface area contributed by atoms with Crippen LogP contribution in [0.25, 0.3) is 0 Å². The number of pyridine rings is 1. The van der Waals surface area contributed by atoms with Gasteiger partial charge in [-0.2, -0.15) is 0 Å². The zero-order chi connectivity index (χ0) is 17.9. The molecule has 1 aliphatic rings. The summed E-state index contributed by atoms with van der Waals surface area (Å²) in [5.41, 5.74) is 0.719. The van der Waals surface area contributed by atoms with Crippen molar-refractivity contribution < 1.29 is 9.53 Å². The molecule has 1 aliphatic heterocycles. The van der Waals surface area contributed by atoms with Crippen LogP contribution in [-0.2, 0) is 4.74 Å². The summed E-state index contributed by atoms with van der Waals surface area (Å²) in [4.78, 5) is 21.0. The van der Waals surface area contributed by atoms with Crippen LogP contribution >= 0.6 is 0 Å². The largest absolute Gasteiger partial charge is 0.443 e. The van der Waals surface area contributed by atoms with E-state index in [0.717, 1.165) is 6.54 Å². The lowest BCUT2D eigenvalue weighted by Gasteiger charge is -2.29. The molecule has 0 N–H and O–H groups in total. The molecule has 0 radical (unpaired) electrons. The molecule has 1 fully saturated rings. The molecule has 2 rings (SSSR count). The highest BCUT2D eigenvalue weighted by Gasteiger charge is 2.28. The van der Waals surface area contributed by atoms with Crippen LogP contribution in [0.4, 0.5) is 10.6 Å². The molecule has 5 heteroatoms. The van der Waals surface area contributed by atoms with E-state index >= 15 is 0 Å². The Kier molecular flexibility index (Phi) is 5.86. The van der Waals surface area contributed by atoms with E-state index in [1.807, 2.05) is 40.0 Å². The zero-order valence-electron chi connectivity index (χ0n) is 15.9. The van der Waals surface area contributed by atoms with Gasteiger partial charge in [-0.15, -0.1) is 0 Å². The zero-order valence-corrected chi connectivity index (χ0v) is 15.9. The minimum atomic E-state index is -0.508. The predicted octanol–water partition coefficient (Wildman–Crippen LogP) is 4.39. The summed E-state index contributed by atoms with van der Waals surface area (Å²) in [5.74, 6) is 0.643. The number of hydrogen-bond donors (Lipinski definition) is 0. The molecule has 0 aliphatic carbocycles. The molecule has 0 aromatic carbocycles. The monoisotopic (exact) mass is 333 g/mol. The Morgan fingerprint density at radius 1 is 1.42 bits per heavy atom. The summed E-state index contributed by atoms with van der Waals surface area (Å²) in [6.07, 6.45) is 3.95. The smallest absolute Gasteiger partial charge is 0.415 e. The SMILES string of the molecule is CCN(C(=O)OC(C)(C)C)c1ccc(C2CCCN2C(C)C)cn1. The molecule has 1 atom stereocenters. The minimum Gasteiger partial charge on any atom is -0.443 e. The lowest BCUT2D eigenvalue weighted by atomic mass is 10.1. The predicted molar refractivity (Wildman–Crippen MR) is 97.3 cm³/mol. The van der Waals surface area contributed by atoms with Gasteiger partial charge in [-0.05, 0) is 72.6 Å². The van der Waals surface area contributed by atoms with Crippen LogP contribution in [0.1, 0.15) is 66.0 Å². The van der Waals surface area contributed by atoms with Crippen molar-refractivity contribution in [2.45, 2.75) is 72.1 Å². The van der Waals surface area contributed by atoms with Crippen LogP contribution < -0.4 is 4.90 Å². The van der Waals surface area contributed by atoms with Crippen LogP contribution in [0.15, 0.2) is 18.3 Å². The maximum Gasteiger partial charge on any atom is 0.415 e. The van der Waals surface area contributed by atoms with Crippen molar-refractivity contribution in [2.24, 2.45) is 0 Å². The molecule has 134 valence electrons. The van der Waals surface area contributed by atoms with Gasteiger partial charge in [0, 0.05) is 24.8 Å². The molecule has 1 aromatic rings. The van der Waals surface area contributed by atoms with Crippen molar-refractivity contribution in [2.75, 3.05) is 18.0 Å². The number of carbonyl (C=O) groups excluding carboxylic acids is 1. The number of ether oxygens (including phenoxy) is 1. The summed E-state index contributed by atoms with van der Waals surface area (Å²) in [6.45, 7) is 13.7. The van der Waals surface area contributed by atoms with E-state index in [1.165, 1.54) is 18.4 Å². The number of rotatable bonds is 4. The first-order valence-corrected chi connectivity index (χ1v) is 8.95. The quantitative estimate of drug-likeness (QED) is 0.820. The van der Waals surface area contributed by atoms with Crippen molar-refractivity contribution in [1.29, 1.82) is 0 Å². The number of hydrogen-bond acceptors (Lipinski definition) is 4. The molecule has 5 nitrogen and oxygen atoms in total. The minimum absolute atomic E-state index is 0.352. The Morgan fingerprint density at radius 3 is 2.62 bits per heavy atom. The van der Waals surface area contributed by atoms with Gasteiger partial charge in [0.05, 0.1) is 0 Å². The normalized spacial score (nSPS) is 18.9. The fourth-order valence-electron chi connectivity index (χ4n) is 3.22. The van der Waals surface area contributed by atoms with Crippen molar-refractivity contribution in [3.8, 4) is 0 Å². The Balaban J connectivity index is 2.14. The molecule has 24 heavy (non-hydrogen) atoms. The van der Waals surface area contributed by atoms with Gasteiger partial charge in [-0.3, -0.25) is 9.80 Å². The average Bonchev–Trinajstić information content (AvgIpc) is 2.96. The van der Waals surface area contributed by atoms with Gasteiger partial charge in [0.2, 0.25) is 0 Å². The van der Waals surface area contributed by atoms with Gasteiger partial charge >= 0.3 is 6.09 Å². The summed E-state index contributed by atoms with van der Waals surface area (Å²) >= 11 is 0. The Labute approximate surface area is 146 Å². The van der Waals surface area contributed by atoms with Crippen LogP contribution in [-0.4, -0.2) is 40.7 Å². The van der Waals surface area contributed by atoms with E-state index in [4.69, 9.17) is 4.74 Å². The van der Waals surface area contributed by atoms with Crippen molar-refractivity contribution in [3.63, 3.8) is 0 Å². The Hall–Kier alpha value is -1.62. The number of amides is 1. The van der Waals surface area contributed by atoms with E-state index < -0.39 is 5.60 Å². The van der Waals surface area contributed by atoms with E-state index in [0.29, 0.717) is 24.4 Å². The average molecular weight is 333 g/mol. The first-order chi connectivity index (χ1) is 11.2. The molecule has 1 aromatic heterocycles. The first-order valence-electron chi connectivity index (χ1n) is 8.95. The molecular weight excluding hydrogens is 302 g/mol. The maximum absolute atomic E-state index is 12.3. The molecule has 0 bridgehead atoms. The fraction of sp³-hybridized carbons (Fsp3) is 0.684. The first kappa shape index (κ1) is 18.7. The third-order valence-corrected chi connectivity index (χ3v) is 4.32. The standard InChI is InChI=1S/C19H31N3O2/c1-7-21(18(23)24-19(4,5)6)17-11-10-15(13-20-17)16-9-8-12-22(16)14(2)3/h10-11,13-14,16H,7-9,12H2,1-6H3. The summed E-state index contributed by atoms with van der Waals surface area (Å²) in [6, 6.07) is 4.99. The maximum atomic E-state index is 12.3. The third kappa shape index (κ3) is 4.47. The van der Waals surface area contributed by atoms with E-state index in [-0.39, 0.29) is 6.09 Å². The van der Waals surface area contributed by atoms with E-state index in [1.54, 1.807) is 4.90 Å². The molecule has 1 amide bonds. The second-order valence-corrected chi connectivity index (χ2v) is 7.66. The van der Waals surface area contributed by atoms with Gasteiger partial charge in [-0.25, -0.2) is 9.78 Å². The Morgan fingerprint density at radius 2 is 2.12 bits per heavy atom. The molecule has 0 saturated carbocycles. The number of aromatic nitrogens is 1. The summed E-state index contributed by atoms with van der Waals surface area (Å²) < 4.78 is 5.46.